The topological polar surface area (TPSA) is 29.3 Å². The van der Waals surface area contributed by atoms with Gasteiger partial charge in [-0.3, -0.25) is 4.90 Å². The zero-order valence-electron chi connectivity index (χ0n) is 10.5. The summed E-state index contributed by atoms with van der Waals surface area (Å²) in [6, 6.07) is 0.859. The monoisotopic (exact) mass is 242 g/mol. The fourth-order valence-electron chi connectivity index (χ4n) is 3.20. The van der Waals surface area contributed by atoms with Crippen LogP contribution in [0.3, 0.4) is 0 Å². The highest BCUT2D eigenvalue weighted by Crippen LogP contribution is 2.31. The van der Waals surface area contributed by atoms with E-state index in [1.165, 1.54) is 50.9 Å². The number of nitrogens with zero attached hydrogens (tertiary/aromatic N) is 1. The standard InChI is InChI=1S/C13H26N2S/c1-11-13(3-2-10-16-11)15-8-5-12(4-7-14)6-9-15/h11-13H,2-10,14H2,1H3. The first-order valence-corrected chi connectivity index (χ1v) is 7.92. The van der Waals surface area contributed by atoms with Crippen molar-refractivity contribution >= 4 is 11.8 Å². The Morgan fingerprint density at radius 1 is 1.25 bits per heavy atom. The lowest BCUT2D eigenvalue weighted by atomic mass is 9.91. The Bertz CT molecular complexity index is 202. The second kappa shape index (κ2) is 6.27. The van der Waals surface area contributed by atoms with E-state index in [0.29, 0.717) is 0 Å². The van der Waals surface area contributed by atoms with E-state index in [-0.39, 0.29) is 0 Å². The molecule has 2 N–H and O–H groups in total. The zero-order chi connectivity index (χ0) is 11.4. The molecule has 0 radical (unpaired) electrons. The third-order valence-electron chi connectivity index (χ3n) is 4.26. The van der Waals surface area contributed by atoms with E-state index in [0.717, 1.165) is 23.8 Å². The number of likely N-dealkylation sites (tertiary alicyclic amines) is 1. The number of hydrogen-bond acceptors (Lipinski definition) is 3. The van der Waals surface area contributed by atoms with Gasteiger partial charge in [0.1, 0.15) is 0 Å². The average molecular weight is 242 g/mol. The summed E-state index contributed by atoms with van der Waals surface area (Å²) in [6.45, 7) is 5.93. The lowest BCUT2D eigenvalue weighted by molar-refractivity contribution is 0.121. The van der Waals surface area contributed by atoms with Crippen LogP contribution in [0.1, 0.15) is 39.0 Å². The molecule has 0 aliphatic carbocycles. The van der Waals surface area contributed by atoms with E-state index in [9.17, 15) is 0 Å². The van der Waals surface area contributed by atoms with Crippen LogP contribution in [-0.2, 0) is 0 Å². The smallest absolute Gasteiger partial charge is 0.0212 e. The quantitative estimate of drug-likeness (QED) is 0.823. The van der Waals surface area contributed by atoms with Crippen LogP contribution in [-0.4, -0.2) is 41.6 Å². The Kier molecular flexibility index (Phi) is 4.98. The molecule has 2 unspecified atom stereocenters. The van der Waals surface area contributed by atoms with E-state index in [2.05, 4.69) is 23.6 Å². The molecule has 0 aromatic carbocycles. The van der Waals surface area contributed by atoms with Gasteiger partial charge in [0.2, 0.25) is 0 Å². The highest BCUT2D eigenvalue weighted by Gasteiger charge is 2.30. The number of piperidine rings is 1. The Balaban J connectivity index is 1.79. The molecule has 2 aliphatic heterocycles. The summed E-state index contributed by atoms with van der Waals surface area (Å²) < 4.78 is 0. The molecule has 3 heteroatoms. The van der Waals surface area contributed by atoms with E-state index in [1.54, 1.807) is 0 Å². The molecule has 16 heavy (non-hydrogen) atoms. The second-order valence-electron chi connectivity index (χ2n) is 5.34. The molecule has 2 saturated heterocycles. The summed E-state index contributed by atoms with van der Waals surface area (Å²) in [5.41, 5.74) is 5.64. The summed E-state index contributed by atoms with van der Waals surface area (Å²) >= 11 is 2.17. The summed E-state index contributed by atoms with van der Waals surface area (Å²) in [6.07, 6.45) is 6.84. The van der Waals surface area contributed by atoms with Crippen molar-refractivity contribution in [1.29, 1.82) is 0 Å². The largest absolute Gasteiger partial charge is 0.330 e. The van der Waals surface area contributed by atoms with Crippen LogP contribution in [0.4, 0.5) is 0 Å². The maximum absolute atomic E-state index is 5.64. The molecule has 94 valence electrons. The van der Waals surface area contributed by atoms with Gasteiger partial charge >= 0.3 is 0 Å². The van der Waals surface area contributed by atoms with E-state index < -0.39 is 0 Å². The fraction of sp³-hybridized carbons (Fsp3) is 1.00. The normalized spacial score (nSPS) is 34.1. The number of hydrogen-bond donors (Lipinski definition) is 1. The molecule has 0 aromatic rings. The second-order valence-corrected chi connectivity index (χ2v) is 6.83. The van der Waals surface area contributed by atoms with Crippen LogP contribution in [0.15, 0.2) is 0 Å². The van der Waals surface area contributed by atoms with Crippen molar-refractivity contribution in [2.45, 2.75) is 50.3 Å². The predicted octanol–water partition coefficient (Wildman–Crippen LogP) is 2.33. The molecule has 2 atom stereocenters. The van der Waals surface area contributed by atoms with Crippen molar-refractivity contribution in [3.8, 4) is 0 Å². The first-order chi connectivity index (χ1) is 7.81. The fourth-order valence-corrected chi connectivity index (χ4v) is 4.43. The van der Waals surface area contributed by atoms with Gasteiger partial charge in [-0.2, -0.15) is 11.8 Å². The van der Waals surface area contributed by atoms with Gasteiger partial charge in [-0.25, -0.2) is 0 Å². The van der Waals surface area contributed by atoms with Gasteiger partial charge in [0.15, 0.2) is 0 Å². The molecular formula is C13H26N2S. The number of thioether (sulfide) groups is 1. The minimum absolute atomic E-state index is 0.847. The highest BCUT2D eigenvalue weighted by atomic mass is 32.2. The minimum Gasteiger partial charge on any atom is -0.330 e. The van der Waals surface area contributed by atoms with Gasteiger partial charge in [0, 0.05) is 11.3 Å². The Labute approximate surface area is 104 Å². The molecule has 2 aliphatic rings. The summed E-state index contributed by atoms with van der Waals surface area (Å²) in [4.78, 5) is 2.75. The van der Waals surface area contributed by atoms with Gasteiger partial charge in [-0.15, -0.1) is 0 Å². The molecule has 0 spiro atoms. The van der Waals surface area contributed by atoms with Crippen molar-refractivity contribution in [3.05, 3.63) is 0 Å². The molecule has 0 bridgehead atoms. The SMILES string of the molecule is CC1SCCCC1N1CCC(CCN)CC1. The van der Waals surface area contributed by atoms with Crippen molar-refractivity contribution in [2.24, 2.45) is 11.7 Å². The first-order valence-electron chi connectivity index (χ1n) is 6.87. The third kappa shape index (κ3) is 3.14. The zero-order valence-corrected chi connectivity index (χ0v) is 11.3. The van der Waals surface area contributed by atoms with E-state index >= 15 is 0 Å². The average Bonchev–Trinajstić information content (AvgIpc) is 2.31. The number of rotatable bonds is 3. The van der Waals surface area contributed by atoms with Crippen molar-refractivity contribution in [1.82, 2.24) is 4.90 Å². The van der Waals surface area contributed by atoms with Crippen LogP contribution in [0, 0.1) is 5.92 Å². The summed E-state index contributed by atoms with van der Waals surface area (Å²) in [5.74, 6) is 2.29. The van der Waals surface area contributed by atoms with Gasteiger partial charge in [-0.05, 0) is 63.4 Å². The third-order valence-corrected chi connectivity index (χ3v) is 5.62. The first kappa shape index (κ1) is 12.7. The van der Waals surface area contributed by atoms with Crippen LogP contribution in [0.25, 0.3) is 0 Å². The van der Waals surface area contributed by atoms with E-state index in [1.807, 2.05) is 0 Å². The predicted molar refractivity (Wildman–Crippen MR) is 72.9 cm³/mol. The van der Waals surface area contributed by atoms with Crippen molar-refractivity contribution in [3.63, 3.8) is 0 Å². The van der Waals surface area contributed by atoms with Crippen molar-refractivity contribution in [2.75, 3.05) is 25.4 Å². The maximum atomic E-state index is 5.64. The van der Waals surface area contributed by atoms with Gasteiger partial charge in [0.25, 0.3) is 0 Å². The molecule has 0 saturated carbocycles. The molecule has 2 fully saturated rings. The minimum atomic E-state index is 0.847. The van der Waals surface area contributed by atoms with E-state index in [4.69, 9.17) is 5.73 Å². The molecule has 2 nitrogen and oxygen atoms in total. The van der Waals surface area contributed by atoms with Crippen LogP contribution < -0.4 is 5.73 Å². The van der Waals surface area contributed by atoms with Crippen molar-refractivity contribution < 1.29 is 0 Å². The van der Waals surface area contributed by atoms with Gasteiger partial charge in [-0.1, -0.05) is 6.92 Å². The molecule has 2 heterocycles. The maximum Gasteiger partial charge on any atom is 0.0212 e. The molecular weight excluding hydrogens is 216 g/mol. The lowest BCUT2D eigenvalue weighted by Gasteiger charge is -2.42. The Hall–Kier alpha value is 0.270. The van der Waals surface area contributed by atoms with Gasteiger partial charge in [0.05, 0.1) is 0 Å². The van der Waals surface area contributed by atoms with Gasteiger partial charge < -0.3 is 5.73 Å². The number of nitrogens with two attached hydrogens (primary N) is 1. The highest BCUT2D eigenvalue weighted by molar-refractivity contribution is 7.99. The lowest BCUT2D eigenvalue weighted by Crippen LogP contribution is -2.47. The summed E-state index contributed by atoms with van der Waals surface area (Å²) in [5, 5.41) is 0.847. The Morgan fingerprint density at radius 3 is 2.62 bits per heavy atom. The van der Waals surface area contributed by atoms with Crippen LogP contribution >= 0.6 is 11.8 Å². The van der Waals surface area contributed by atoms with Crippen LogP contribution in [0.2, 0.25) is 0 Å². The molecule has 0 amide bonds. The van der Waals surface area contributed by atoms with Crippen LogP contribution in [0.5, 0.6) is 0 Å². The Morgan fingerprint density at radius 2 is 2.00 bits per heavy atom. The summed E-state index contributed by atoms with van der Waals surface area (Å²) in [7, 11) is 0. The molecule has 0 aromatic heterocycles. The molecule has 2 rings (SSSR count).